The van der Waals surface area contributed by atoms with Crippen molar-refractivity contribution in [2.75, 3.05) is 0 Å². The van der Waals surface area contributed by atoms with E-state index in [2.05, 4.69) is 9.97 Å². The van der Waals surface area contributed by atoms with Gasteiger partial charge >= 0.3 is 5.97 Å². The molecule has 0 aliphatic heterocycles. The monoisotopic (exact) mass is 309 g/mol. The Bertz CT molecular complexity index is 815. The minimum atomic E-state index is -1.43. The molecular weight excluding hydrogens is 302 g/mol. The number of rotatable bonds is 3. The van der Waals surface area contributed by atoms with E-state index < -0.39 is 22.0 Å². The Hall–Kier alpha value is -2.74. The van der Waals surface area contributed by atoms with Gasteiger partial charge in [0.1, 0.15) is 17.0 Å². The fourth-order valence-electron chi connectivity index (χ4n) is 1.86. The van der Waals surface area contributed by atoms with Crippen LogP contribution in [0.4, 0.5) is 5.69 Å². The molecule has 0 aliphatic rings. The Morgan fingerprint density at radius 3 is 2.67 bits per heavy atom. The van der Waals surface area contributed by atoms with E-state index >= 15 is 0 Å². The second-order valence-electron chi connectivity index (χ2n) is 4.07. The molecule has 0 fully saturated rings. The van der Waals surface area contributed by atoms with Gasteiger partial charge < -0.3 is 10.1 Å². The molecule has 1 aromatic heterocycles. The average Bonchev–Trinajstić information content (AvgIpc) is 2.36. The maximum absolute atomic E-state index is 11.8. The van der Waals surface area contributed by atoms with Crippen molar-refractivity contribution in [2.24, 2.45) is 0 Å². The molecule has 0 unspecified atom stereocenters. The number of nitrogens with one attached hydrogen (secondary N) is 1. The van der Waals surface area contributed by atoms with Gasteiger partial charge in [0.2, 0.25) is 0 Å². The van der Waals surface area contributed by atoms with Crippen LogP contribution in [0, 0.1) is 17.0 Å². The number of H-pyrrole nitrogens is 1. The van der Waals surface area contributed by atoms with Gasteiger partial charge in [0.15, 0.2) is 0 Å². The Morgan fingerprint density at radius 1 is 1.48 bits per heavy atom. The number of aryl methyl sites for hydroxylation is 1. The van der Waals surface area contributed by atoms with Crippen molar-refractivity contribution >= 4 is 23.3 Å². The average molecular weight is 310 g/mol. The van der Waals surface area contributed by atoms with Crippen LogP contribution in [0.2, 0.25) is 5.02 Å². The molecule has 0 amide bonds. The highest BCUT2D eigenvalue weighted by Gasteiger charge is 2.23. The molecule has 2 rings (SSSR count). The van der Waals surface area contributed by atoms with Gasteiger partial charge in [-0.2, -0.15) is 0 Å². The SMILES string of the molecule is Cc1nc(-c2c(Cl)cccc2[N+](=O)[O-])[nH]c(=O)c1C(=O)O. The summed E-state index contributed by atoms with van der Waals surface area (Å²) >= 11 is 5.93. The van der Waals surface area contributed by atoms with E-state index in [9.17, 15) is 19.7 Å². The lowest BCUT2D eigenvalue weighted by Gasteiger charge is -2.07. The van der Waals surface area contributed by atoms with Gasteiger partial charge in [-0.25, -0.2) is 9.78 Å². The highest BCUT2D eigenvalue weighted by Crippen LogP contribution is 2.33. The second-order valence-corrected chi connectivity index (χ2v) is 4.48. The van der Waals surface area contributed by atoms with Gasteiger partial charge in [-0.05, 0) is 13.0 Å². The van der Waals surface area contributed by atoms with Gasteiger partial charge in [-0.3, -0.25) is 14.9 Å². The fourth-order valence-corrected chi connectivity index (χ4v) is 2.11. The Morgan fingerprint density at radius 2 is 2.14 bits per heavy atom. The first-order valence-corrected chi connectivity index (χ1v) is 5.98. The van der Waals surface area contributed by atoms with Crippen LogP contribution in [0.1, 0.15) is 16.1 Å². The van der Waals surface area contributed by atoms with Gasteiger partial charge in [0.05, 0.1) is 15.6 Å². The Labute approximate surface area is 122 Å². The fraction of sp³-hybridized carbons (Fsp3) is 0.0833. The van der Waals surface area contributed by atoms with Crippen LogP contribution in [0.25, 0.3) is 11.4 Å². The van der Waals surface area contributed by atoms with E-state index in [0.29, 0.717) is 0 Å². The third-order valence-corrected chi connectivity index (χ3v) is 3.05. The third kappa shape index (κ3) is 2.61. The zero-order valence-electron chi connectivity index (χ0n) is 10.6. The van der Waals surface area contributed by atoms with Gasteiger partial charge in [-0.15, -0.1) is 0 Å². The predicted molar refractivity (Wildman–Crippen MR) is 73.7 cm³/mol. The number of carbonyl (C=O) groups is 1. The van der Waals surface area contributed by atoms with Gasteiger partial charge in [0.25, 0.3) is 11.2 Å². The van der Waals surface area contributed by atoms with Crippen molar-refractivity contribution in [1.82, 2.24) is 9.97 Å². The van der Waals surface area contributed by atoms with Crippen LogP contribution in [0.15, 0.2) is 23.0 Å². The Balaban J connectivity index is 2.78. The second kappa shape index (κ2) is 5.33. The molecule has 0 spiro atoms. The molecule has 1 aromatic carbocycles. The topological polar surface area (TPSA) is 126 Å². The molecule has 1 heterocycles. The summed E-state index contributed by atoms with van der Waals surface area (Å²) in [5.41, 5.74) is -1.89. The molecule has 108 valence electrons. The first-order chi connectivity index (χ1) is 9.82. The number of aromatic nitrogens is 2. The summed E-state index contributed by atoms with van der Waals surface area (Å²) in [6.07, 6.45) is 0. The number of nitro groups is 1. The summed E-state index contributed by atoms with van der Waals surface area (Å²) in [7, 11) is 0. The standard InChI is InChI=1S/C12H8ClN3O5/c1-5-8(12(18)19)11(17)15-10(14-5)9-6(13)3-2-4-7(9)16(20)21/h2-4H,1H3,(H,18,19)(H,14,15,17). The number of nitrogens with zero attached hydrogens (tertiary/aromatic N) is 2. The number of hydrogen-bond donors (Lipinski definition) is 2. The Kier molecular flexibility index (Phi) is 3.72. The number of halogens is 1. The summed E-state index contributed by atoms with van der Waals surface area (Å²) in [6, 6.07) is 4.01. The van der Waals surface area contributed by atoms with E-state index in [0.717, 1.165) is 0 Å². The quantitative estimate of drug-likeness (QED) is 0.659. The number of hydrogen-bond acceptors (Lipinski definition) is 5. The first kappa shape index (κ1) is 14.7. The molecule has 2 N–H and O–H groups in total. The molecule has 2 aromatic rings. The molecule has 8 nitrogen and oxygen atoms in total. The number of aromatic carboxylic acids is 1. The summed E-state index contributed by atoms with van der Waals surface area (Å²) in [5.74, 6) is -1.58. The summed E-state index contributed by atoms with van der Waals surface area (Å²) in [6.45, 7) is 1.32. The van der Waals surface area contributed by atoms with E-state index in [-0.39, 0.29) is 27.8 Å². The van der Waals surface area contributed by atoms with Crippen molar-refractivity contribution in [2.45, 2.75) is 6.92 Å². The lowest BCUT2D eigenvalue weighted by Crippen LogP contribution is -2.21. The van der Waals surface area contributed by atoms with Crippen LogP contribution < -0.4 is 5.56 Å². The number of carboxylic acids is 1. The molecule has 21 heavy (non-hydrogen) atoms. The van der Waals surface area contributed by atoms with E-state index in [1.807, 2.05) is 0 Å². The lowest BCUT2D eigenvalue weighted by molar-refractivity contribution is -0.384. The number of aromatic amines is 1. The maximum atomic E-state index is 11.8. The summed E-state index contributed by atoms with van der Waals surface area (Å²) in [4.78, 5) is 39.2. The van der Waals surface area contributed by atoms with Crippen LogP contribution in [-0.2, 0) is 0 Å². The molecular formula is C12H8ClN3O5. The zero-order valence-corrected chi connectivity index (χ0v) is 11.3. The smallest absolute Gasteiger partial charge is 0.343 e. The molecule has 0 aliphatic carbocycles. The van der Waals surface area contributed by atoms with Crippen LogP contribution in [-0.4, -0.2) is 26.0 Å². The first-order valence-electron chi connectivity index (χ1n) is 5.60. The van der Waals surface area contributed by atoms with Crippen LogP contribution >= 0.6 is 11.6 Å². The normalized spacial score (nSPS) is 10.4. The van der Waals surface area contributed by atoms with E-state index in [4.69, 9.17) is 16.7 Å². The predicted octanol–water partition coefficient (Wildman–Crippen LogP) is 2.01. The van der Waals surface area contributed by atoms with Crippen LogP contribution in [0.5, 0.6) is 0 Å². The molecule has 0 bridgehead atoms. The highest BCUT2D eigenvalue weighted by molar-refractivity contribution is 6.33. The van der Waals surface area contributed by atoms with E-state index in [1.54, 1.807) is 0 Å². The number of carboxylic acid groups (broad SMARTS) is 1. The van der Waals surface area contributed by atoms with Crippen molar-refractivity contribution in [1.29, 1.82) is 0 Å². The molecule has 0 saturated heterocycles. The highest BCUT2D eigenvalue weighted by atomic mass is 35.5. The maximum Gasteiger partial charge on any atom is 0.343 e. The number of benzene rings is 1. The third-order valence-electron chi connectivity index (χ3n) is 2.74. The lowest BCUT2D eigenvalue weighted by atomic mass is 10.1. The van der Waals surface area contributed by atoms with Crippen molar-refractivity contribution in [3.63, 3.8) is 0 Å². The van der Waals surface area contributed by atoms with Gasteiger partial charge in [0, 0.05) is 6.07 Å². The largest absolute Gasteiger partial charge is 0.477 e. The minimum absolute atomic E-state index is 0.0230. The summed E-state index contributed by atoms with van der Waals surface area (Å²) < 4.78 is 0. The zero-order chi connectivity index (χ0) is 15.7. The van der Waals surface area contributed by atoms with Crippen LogP contribution in [0.3, 0.4) is 0 Å². The summed E-state index contributed by atoms with van der Waals surface area (Å²) in [5, 5.41) is 20.0. The molecule has 0 radical (unpaired) electrons. The van der Waals surface area contributed by atoms with Crippen molar-refractivity contribution in [3.8, 4) is 11.4 Å². The molecule has 0 atom stereocenters. The van der Waals surface area contributed by atoms with E-state index in [1.165, 1.54) is 25.1 Å². The molecule has 0 saturated carbocycles. The van der Waals surface area contributed by atoms with Gasteiger partial charge in [-0.1, -0.05) is 17.7 Å². The molecule has 9 heteroatoms. The minimum Gasteiger partial charge on any atom is -0.477 e. The van der Waals surface area contributed by atoms with Crippen molar-refractivity contribution < 1.29 is 14.8 Å². The number of nitro benzene ring substituents is 1. The van der Waals surface area contributed by atoms with Crippen molar-refractivity contribution in [3.05, 3.63) is 54.9 Å².